The fraction of sp³-hybridized carbons (Fsp3) is 0.333. The summed E-state index contributed by atoms with van der Waals surface area (Å²) in [5.74, 6) is -1.52. The maximum absolute atomic E-state index is 13.2. The van der Waals surface area contributed by atoms with Gasteiger partial charge in [0.2, 0.25) is 0 Å². The van der Waals surface area contributed by atoms with Crippen molar-refractivity contribution in [3.63, 3.8) is 0 Å². The van der Waals surface area contributed by atoms with E-state index in [0.29, 0.717) is 33.8 Å². The predicted molar refractivity (Wildman–Crippen MR) is 125 cm³/mol. The van der Waals surface area contributed by atoms with E-state index in [1.165, 1.54) is 9.80 Å². The lowest BCUT2D eigenvalue weighted by Gasteiger charge is -2.35. The number of amides is 3. The van der Waals surface area contributed by atoms with Gasteiger partial charge in [0.1, 0.15) is 0 Å². The molecule has 1 aliphatic heterocycles. The molecule has 1 aliphatic rings. The zero-order valence-corrected chi connectivity index (χ0v) is 19.1. The molecule has 1 fully saturated rings. The van der Waals surface area contributed by atoms with Crippen LogP contribution in [-0.2, 0) is 14.3 Å². The number of carbonyl (C=O) groups excluding carboxylic acids is 3. The normalized spacial score (nSPS) is 16.8. The van der Waals surface area contributed by atoms with Crippen LogP contribution in [0.15, 0.2) is 42.5 Å². The summed E-state index contributed by atoms with van der Waals surface area (Å²) in [6, 6.07) is 11.7. The van der Waals surface area contributed by atoms with Crippen LogP contribution in [0.5, 0.6) is 0 Å². The van der Waals surface area contributed by atoms with Gasteiger partial charge >= 0.3 is 0 Å². The molecule has 174 valence electrons. The number of anilines is 2. The fourth-order valence-electron chi connectivity index (χ4n) is 3.62. The molecule has 3 amide bonds. The standard InChI is InChI=1S/C24H28N4O5/c1-14-18(23(31)27(3)4)6-5-7-19(14)28-12-13-33-21(24(28)32)20(29)22(30)26-17-10-8-16(9-11-17)15(2)25/h5-11,20-21,25,29H,12-13H2,1-4H3,(H,26,30). The smallest absolute Gasteiger partial charge is 0.259 e. The Morgan fingerprint density at radius 3 is 2.48 bits per heavy atom. The van der Waals surface area contributed by atoms with Gasteiger partial charge in [0, 0.05) is 43.3 Å². The predicted octanol–water partition coefficient (Wildman–Crippen LogP) is 1.82. The summed E-state index contributed by atoms with van der Waals surface area (Å²) < 4.78 is 5.46. The first-order chi connectivity index (χ1) is 15.6. The molecule has 2 aromatic carbocycles. The van der Waals surface area contributed by atoms with Gasteiger partial charge in [0.25, 0.3) is 17.7 Å². The fourth-order valence-corrected chi connectivity index (χ4v) is 3.62. The third-order valence-corrected chi connectivity index (χ3v) is 5.50. The van der Waals surface area contributed by atoms with Crippen LogP contribution in [0.25, 0.3) is 0 Å². The highest BCUT2D eigenvalue weighted by molar-refractivity contribution is 6.05. The van der Waals surface area contributed by atoms with Gasteiger partial charge in [0.15, 0.2) is 12.2 Å². The van der Waals surface area contributed by atoms with Crippen molar-refractivity contribution in [3.8, 4) is 0 Å². The van der Waals surface area contributed by atoms with Crippen molar-refractivity contribution in [1.82, 2.24) is 4.90 Å². The van der Waals surface area contributed by atoms with Gasteiger partial charge in [-0.2, -0.15) is 0 Å². The van der Waals surface area contributed by atoms with E-state index >= 15 is 0 Å². The highest BCUT2D eigenvalue weighted by atomic mass is 16.5. The summed E-state index contributed by atoms with van der Waals surface area (Å²) in [5.41, 5.74) is 3.16. The number of aliphatic hydroxyl groups excluding tert-OH is 1. The van der Waals surface area contributed by atoms with Gasteiger partial charge in [-0.1, -0.05) is 18.2 Å². The molecule has 2 aromatic rings. The van der Waals surface area contributed by atoms with E-state index in [-0.39, 0.29) is 19.1 Å². The molecule has 9 nitrogen and oxygen atoms in total. The lowest BCUT2D eigenvalue weighted by Crippen LogP contribution is -2.55. The average molecular weight is 453 g/mol. The summed E-state index contributed by atoms with van der Waals surface area (Å²) in [7, 11) is 3.30. The molecule has 0 bridgehead atoms. The summed E-state index contributed by atoms with van der Waals surface area (Å²) in [6.45, 7) is 3.77. The highest BCUT2D eigenvalue weighted by Gasteiger charge is 2.40. The molecule has 0 spiro atoms. The molecule has 3 rings (SSSR count). The number of nitrogens with one attached hydrogen (secondary N) is 2. The van der Waals surface area contributed by atoms with Gasteiger partial charge < -0.3 is 30.4 Å². The monoisotopic (exact) mass is 452 g/mol. The number of hydrogen-bond donors (Lipinski definition) is 3. The van der Waals surface area contributed by atoms with Crippen molar-refractivity contribution in [2.24, 2.45) is 0 Å². The molecule has 3 N–H and O–H groups in total. The molecule has 0 aromatic heterocycles. The summed E-state index contributed by atoms with van der Waals surface area (Å²) in [4.78, 5) is 41.1. The average Bonchev–Trinajstić information content (AvgIpc) is 2.79. The first kappa shape index (κ1) is 24.1. The van der Waals surface area contributed by atoms with Crippen LogP contribution in [0.1, 0.15) is 28.4 Å². The molecule has 0 radical (unpaired) electrons. The first-order valence-corrected chi connectivity index (χ1v) is 10.5. The van der Waals surface area contributed by atoms with Crippen LogP contribution in [0, 0.1) is 12.3 Å². The molecule has 2 atom stereocenters. The second kappa shape index (κ2) is 9.93. The molecule has 0 aliphatic carbocycles. The van der Waals surface area contributed by atoms with Gasteiger partial charge in [-0.3, -0.25) is 14.4 Å². The van der Waals surface area contributed by atoms with Crippen LogP contribution in [0.4, 0.5) is 11.4 Å². The minimum atomic E-state index is -1.73. The van der Waals surface area contributed by atoms with Crippen molar-refractivity contribution in [2.45, 2.75) is 26.1 Å². The number of hydrogen-bond acceptors (Lipinski definition) is 6. The van der Waals surface area contributed by atoms with Crippen molar-refractivity contribution in [2.75, 3.05) is 37.5 Å². The number of morpholine rings is 1. The number of nitrogens with zero attached hydrogens (tertiary/aromatic N) is 2. The van der Waals surface area contributed by atoms with Crippen molar-refractivity contribution in [3.05, 3.63) is 59.2 Å². The number of rotatable bonds is 6. The van der Waals surface area contributed by atoms with Crippen molar-refractivity contribution >= 4 is 34.8 Å². The van der Waals surface area contributed by atoms with Gasteiger partial charge in [-0.05, 0) is 49.2 Å². The van der Waals surface area contributed by atoms with E-state index in [4.69, 9.17) is 10.1 Å². The lowest BCUT2D eigenvalue weighted by molar-refractivity contribution is -0.150. The topological polar surface area (TPSA) is 123 Å². The third kappa shape index (κ3) is 5.10. The lowest BCUT2D eigenvalue weighted by atomic mass is 10.0. The van der Waals surface area contributed by atoms with Gasteiger partial charge in [-0.25, -0.2) is 0 Å². The van der Waals surface area contributed by atoms with Gasteiger partial charge in [-0.15, -0.1) is 0 Å². The molecule has 2 unspecified atom stereocenters. The Balaban J connectivity index is 1.77. The molecule has 1 saturated heterocycles. The minimum absolute atomic E-state index is 0.124. The number of ether oxygens (including phenoxy) is 1. The van der Waals surface area contributed by atoms with Crippen LogP contribution in [0.2, 0.25) is 0 Å². The van der Waals surface area contributed by atoms with Crippen molar-refractivity contribution in [1.29, 1.82) is 5.41 Å². The van der Waals surface area contributed by atoms with Gasteiger partial charge in [0.05, 0.1) is 6.61 Å². The van der Waals surface area contributed by atoms with E-state index in [1.807, 2.05) is 0 Å². The number of benzene rings is 2. The minimum Gasteiger partial charge on any atom is -0.380 e. The maximum atomic E-state index is 13.2. The Morgan fingerprint density at radius 2 is 1.88 bits per heavy atom. The first-order valence-electron chi connectivity index (χ1n) is 10.5. The zero-order valence-electron chi connectivity index (χ0n) is 19.1. The molecule has 33 heavy (non-hydrogen) atoms. The second-order valence-corrected chi connectivity index (χ2v) is 8.07. The Kier molecular flexibility index (Phi) is 7.25. The number of carbonyl (C=O) groups is 3. The van der Waals surface area contributed by atoms with E-state index < -0.39 is 24.0 Å². The Hall–Kier alpha value is -3.56. The van der Waals surface area contributed by atoms with Crippen LogP contribution in [-0.4, -0.2) is 72.9 Å². The number of aliphatic hydroxyl groups is 1. The van der Waals surface area contributed by atoms with Crippen LogP contribution in [0.3, 0.4) is 0 Å². The third-order valence-electron chi connectivity index (χ3n) is 5.50. The summed E-state index contributed by atoms with van der Waals surface area (Å²) in [6.07, 6.45) is -3.11. The largest absolute Gasteiger partial charge is 0.380 e. The highest BCUT2D eigenvalue weighted by Crippen LogP contribution is 2.27. The van der Waals surface area contributed by atoms with E-state index in [1.54, 1.807) is 70.4 Å². The molecular formula is C24H28N4O5. The van der Waals surface area contributed by atoms with E-state index in [2.05, 4.69) is 5.32 Å². The van der Waals surface area contributed by atoms with Crippen molar-refractivity contribution < 1.29 is 24.2 Å². The zero-order chi connectivity index (χ0) is 24.3. The maximum Gasteiger partial charge on any atom is 0.259 e. The molecule has 1 heterocycles. The Bertz CT molecular complexity index is 1080. The molecular weight excluding hydrogens is 424 g/mol. The van der Waals surface area contributed by atoms with Crippen LogP contribution >= 0.6 is 0 Å². The van der Waals surface area contributed by atoms with E-state index in [0.717, 1.165) is 0 Å². The summed E-state index contributed by atoms with van der Waals surface area (Å²) >= 11 is 0. The Morgan fingerprint density at radius 1 is 1.21 bits per heavy atom. The second-order valence-electron chi connectivity index (χ2n) is 8.07. The van der Waals surface area contributed by atoms with Crippen LogP contribution < -0.4 is 10.2 Å². The quantitative estimate of drug-likeness (QED) is 0.577. The molecule has 0 saturated carbocycles. The summed E-state index contributed by atoms with van der Waals surface area (Å²) in [5, 5.41) is 20.8. The molecule has 9 heteroatoms. The SMILES string of the molecule is CC(=N)c1ccc(NC(=O)C(O)C2OCCN(c3cccc(C(=O)N(C)C)c3C)C2=O)cc1. The Labute approximate surface area is 192 Å². The van der Waals surface area contributed by atoms with E-state index in [9.17, 15) is 19.5 Å².